The molecule has 0 saturated carbocycles. The summed E-state index contributed by atoms with van der Waals surface area (Å²) in [6, 6.07) is 0. The van der Waals surface area contributed by atoms with Gasteiger partial charge in [-0.05, 0) is 18.8 Å². The van der Waals surface area contributed by atoms with Gasteiger partial charge in [0.2, 0.25) is 0 Å². The molecule has 1 nitrogen and oxygen atoms in total. The second kappa shape index (κ2) is 2.31. The van der Waals surface area contributed by atoms with Crippen molar-refractivity contribution < 1.29 is 5.11 Å². The number of hydrogen-bond acceptors (Lipinski definition) is 1. The molecule has 0 amide bonds. The zero-order valence-corrected chi connectivity index (χ0v) is 5.17. The van der Waals surface area contributed by atoms with Gasteiger partial charge in [-0.1, -0.05) is 19.1 Å². The van der Waals surface area contributed by atoms with Crippen LogP contribution in [0.5, 0.6) is 0 Å². The molecule has 1 aliphatic rings. The lowest BCUT2D eigenvalue weighted by Gasteiger charge is -2.18. The Morgan fingerprint density at radius 3 is 2.38 bits per heavy atom. The predicted molar refractivity (Wildman–Crippen MR) is 33.5 cm³/mol. The highest BCUT2D eigenvalue weighted by Gasteiger charge is 2.13. The molecule has 1 unspecified atom stereocenters. The Labute approximate surface area is 50.0 Å². The molecular formula is C7H12O. The largest absolute Gasteiger partial charge is 0.393 e. The summed E-state index contributed by atoms with van der Waals surface area (Å²) in [6.07, 6.45) is 5.99. The van der Waals surface area contributed by atoms with Gasteiger partial charge in [-0.3, -0.25) is 0 Å². The molecule has 0 aliphatic heterocycles. The molecule has 0 fully saturated rings. The van der Waals surface area contributed by atoms with Crippen LogP contribution in [0.1, 0.15) is 19.8 Å². The van der Waals surface area contributed by atoms with Gasteiger partial charge in [-0.25, -0.2) is 0 Å². The molecule has 0 heterocycles. The fourth-order valence-corrected chi connectivity index (χ4v) is 0.936. The Kier molecular flexibility index (Phi) is 1.69. The van der Waals surface area contributed by atoms with Gasteiger partial charge in [-0.2, -0.15) is 0 Å². The molecule has 46 valence electrons. The van der Waals surface area contributed by atoms with Crippen molar-refractivity contribution in [2.24, 2.45) is 5.92 Å². The number of aliphatic hydroxyl groups is 1. The molecule has 0 bridgehead atoms. The number of hydrogen-bond donors (Lipinski definition) is 1. The first kappa shape index (κ1) is 5.83. The van der Waals surface area contributed by atoms with E-state index in [9.17, 15) is 0 Å². The van der Waals surface area contributed by atoms with Gasteiger partial charge >= 0.3 is 0 Å². The molecule has 0 aromatic rings. The topological polar surface area (TPSA) is 20.2 Å². The minimum absolute atomic E-state index is 0.0833. The van der Waals surface area contributed by atoms with Gasteiger partial charge in [0.05, 0.1) is 6.10 Å². The van der Waals surface area contributed by atoms with E-state index in [0.29, 0.717) is 5.92 Å². The molecule has 8 heavy (non-hydrogen) atoms. The van der Waals surface area contributed by atoms with Gasteiger partial charge in [0.1, 0.15) is 0 Å². The third-order valence-electron chi connectivity index (χ3n) is 1.71. The van der Waals surface area contributed by atoms with E-state index in [0.717, 1.165) is 12.8 Å². The van der Waals surface area contributed by atoms with Crippen molar-refractivity contribution in [1.82, 2.24) is 0 Å². The van der Waals surface area contributed by atoms with Crippen molar-refractivity contribution in [2.75, 3.05) is 0 Å². The molecule has 0 aromatic carbocycles. The lowest BCUT2D eigenvalue weighted by molar-refractivity contribution is 0.115. The van der Waals surface area contributed by atoms with Gasteiger partial charge in [0, 0.05) is 0 Å². The SMILES string of the molecule is C[C@H]1CC=CCC1O. The first-order valence-electron chi connectivity index (χ1n) is 3.14. The molecule has 2 atom stereocenters. The second-order valence-corrected chi connectivity index (χ2v) is 2.49. The average Bonchev–Trinajstić information content (AvgIpc) is 1.77. The number of rotatable bonds is 0. The van der Waals surface area contributed by atoms with Gasteiger partial charge in [-0.15, -0.1) is 0 Å². The van der Waals surface area contributed by atoms with Crippen molar-refractivity contribution in [3.05, 3.63) is 12.2 Å². The highest BCUT2D eigenvalue weighted by atomic mass is 16.3. The minimum Gasteiger partial charge on any atom is -0.393 e. The van der Waals surface area contributed by atoms with E-state index in [1.807, 2.05) is 6.08 Å². The average molecular weight is 112 g/mol. The highest BCUT2D eigenvalue weighted by Crippen LogP contribution is 2.17. The van der Waals surface area contributed by atoms with Crippen LogP contribution in [0, 0.1) is 5.92 Å². The summed E-state index contributed by atoms with van der Waals surface area (Å²) < 4.78 is 0. The summed E-state index contributed by atoms with van der Waals surface area (Å²) in [5, 5.41) is 9.13. The fourth-order valence-electron chi connectivity index (χ4n) is 0.936. The Hall–Kier alpha value is -0.300. The summed E-state index contributed by atoms with van der Waals surface area (Å²) >= 11 is 0. The fraction of sp³-hybridized carbons (Fsp3) is 0.714. The summed E-state index contributed by atoms with van der Waals surface area (Å²) in [5.74, 6) is 0.472. The quantitative estimate of drug-likeness (QED) is 0.469. The van der Waals surface area contributed by atoms with Crippen LogP contribution < -0.4 is 0 Å². The van der Waals surface area contributed by atoms with Gasteiger partial charge < -0.3 is 5.11 Å². The van der Waals surface area contributed by atoms with Crippen LogP contribution in [0.2, 0.25) is 0 Å². The Balaban J connectivity index is 2.44. The number of aliphatic hydroxyl groups excluding tert-OH is 1. The second-order valence-electron chi connectivity index (χ2n) is 2.49. The van der Waals surface area contributed by atoms with Crippen LogP contribution in [0.25, 0.3) is 0 Å². The Morgan fingerprint density at radius 1 is 1.38 bits per heavy atom. The third kappa shape index (κ3) is 1.10. The molecule has 0 spiro atoms. The van der Waals surface area contributed by atoms with Crippen LogP contribution in [-0.4, -0.2) is 11.2 Å². The lowest BCUT2D eigenvalue weighted by Crippen LogP contribution is -2.18. The van der Waals surface area contributed by atoms with Crippen molar-refractivity contribution in [1.29, 1.82) is 0 Å². The normalized spacial score (nSPS) is 37.8. The van der Waals surface area contributed by atoms with Crippen LogP contribution in [-0.2, 0) is 0 Å². The summed E-state index contributed by atoms with van der Waals surface area (Å²) in [5.41, 5.74) is 0. The molecule has 1 rings (SSSR count). The van der Waals surface area contributed by atoms with Crippen LogP contribution in [0.15, 0.2) is 12.2 Å². The smallest absolute Gasteiger partial charge is 0.0603 e. The standard InChI is InChI=1S/C7H12O/c1-6-4-2-3-5-7(6)8/h2-3,6-8H,4-5H2,1H3/t6-,7?/m0/s1. The molecule has 1 N–H and O–H groups in total. The minimum atomic E-state index is -0.0833. The van der Waals surface area contributed by atoms with E-state index in [1.165, 1.54) is 0 Å². The molecule has 0 aromatic heterocycles. The van der Waals surface area contributed by atoms with Crippen molar-refractivity contribution in [3.63, 3.8) is 0 Å². The third-order valence-corrected chi connectivity index (χ3v) is 1.71. The van der Waals surface area contributed by atoms with E-state index in [4.69, 9.17) is 5.11 Å². The Bertz CT molecular complexity index is 84.6. The first-order valence-corrected chi connectivity index (χ1v) is 3.14. The predicted octanol–water partition coefficient (Wildman–Crippen LogP) is 1.33. The van der Waals surface area contributed by atoms with Crippen LogP contribution in [0.4, 0.5) is 0 Å². The maximum Gasteiger partial charge on any atom is 0.0603 e. The lowest BCUT2D eigenvalue weighted by atomic mass is 9.94. The first-order chi connectivity index (χ1) is 3.80. The van der Waals surface area contributed by atoms with E-state index >= 15 is 0 Å². The van der Waals surface area contributed by atoms with E-state index in [-0.39, 0.29) is 6.10 Å². The van der Waals surface area contributed by atoms with Crippen LogP contribution in [0.3, 0.4) is 0 Å². The molecule has 1 aliphatic carbocycles. The van der Waals surface area contributed by atoms with E-state index < -0.39 is 0 Å². The zero-order chi connectivity index (χ0) is 5.98. The maximum absolute atomic E-state index is 9.13. The zero-order valence-electron chi connectivity index (χ0n) is 5.17. The monoisotopic (exact) mass is 112 g/mol. The molecule has 0 radical (unpaired) electrons. The molecule has 1 heteroatoms. The Morgan fingerprint density at radius 2 is 2.00 bits per heavy atom. The maximum atomic E-state index is 9.13. The van der Waals surface area contributed by atoms with Crippen molar-refractivity contribution in [3.8, 4) is 0 Å². The summed E-state index contributed by atoms with van der Waals surface area (Å²) in [7, 11) is 0. The summed E-state index contributed by atoms with van der Waals surface area (Å²) in [6.45, 7) is 2.08. The van der Waals surface area contributed by atoms with E-state index in [1.54, 1.807) is 0 Å². The molecular weight excluding hydrogens is 100 g/mol. The van der Waals surface area contributed by atoms with E-state index in [2.05, 4.69) is 13.0 Å². The van der Waals surface area contributed by atoms with Gasteiger partial charge in [0.15, 0.2) is 0 Å². The van der Waals surface area contributed by atoms with Gasteiger partial charge in [0.25, 0.3) is 0 Å². The summed E-state index contributed by atoms with van der Waals surface area (Å²) in [4.78, 5) is 0. The molecule has 0 saturated heterocycles. The van der Waals surface area contributed by atoms with Crippen molar-refractivity contribution in [2.45, 2.75) is 25.9 Å². The van der Waals surface area contributed by atoms with Crippen LogP contribution >= 0.6 is 0 Å². The number of allylic oxidation sites excluding steroid dienone is 1. The highest BCUT2D eigenvalue weighted by molar-refractivity contribution is 4.92. The van der Waals surface area contributed by atoms with Crippen molar-refractivity contribution >= 4 is 0 Å².